The number of nitrogens with one attached hydrogen (secondary N) is 1. The van der Waals surface area contributed by atoms with Crippen molar-refractivity contribution in [2.45, 2.75) is 19.6 Å². The van der Waals surface area contributed by atoms with Gasteiger partial charge in [-0.2, -0.15) is 0 Å². The van der Waals surface area contributed by atoms with Crippen LogP contribution in [0, 0.1) is 0 Å². The fourth-order valence-electron chi connectivity index (χ4n) is 2.82. The van der Waals surface area contributed by atoms with E-state index >= 15 is 0 Å². The molecule has 150 valence electrons. The molecule has 0 bridgehead atoms. The number of thiophene rings is 1. The van der Waals surface area contributed by atoms with Gasteiger partial charge in [-0.15, -0.1) is 11.3 Å². The number of carbonyl (C=O) groups is 2. The Morgan fingerprint density at radius 2 is 1.97 bits per heavy atom. The minimum Gasteiger partial charge on any atom is -0.454 e. The molecule has 1 amide bonds. The summed E-state index contributed by atoms with van der Waals surface area (Å²) in [5, 5.41) is 4.29. The molecule has 1 aliphatic heterocycles. The number of rotatable bonds is 5. The molecule has 0 saturated heterocycles. The van der Waals surface area contributed by atoms with Crippen LogP contribution in [0.3, 0.4) is 0 Å². The number of carbonyl (C=O) groups excluding carboxylic acids is 2. The third kappa shape index (κ3) is 4.12. The average molecular weight is 452 g/mol. The fraction of sp³-hybridized carbons (Fsp3) is 0.200. The van der Waals surface area contributed by atoms with Gasteiger partial charge in [-0.25, -0.2) is 4.79 Å². The van der Waals surface area contributed by atoms with Crippen molar-refractivity contribution in [3.05, 3.63) is 56.9 Å². The molecular formula is C20H15Cl2NO5S. The average Bonchev–Trinajstić information content (AvgIpc) is 3.29. The first-order chi connectivity index (χ1) is 13.9. The summed E-state index contributed by atoms with van der Waals surface area (Å²) in [6.45, 7) is 1.95. The molecule has 29 heavy (non-hydrogen) atoms. The highest BCUT2D eigenvalue weighted by molar-refractivity contribution is 7.21. The van der Waals surface area contributed by atoms with Crippen molar-refractivity contribution in [1.82, 2.24) is 5.32 Å². The third-order valence-corrected chi connectivity index (χ3v) is 6.21. The number of esters is 1. The van der Waals surface area contributed by atoms with Gasteiger partial charge in [0, 0.05) is 21.7 Å². The van der Waals surface area contributed by atoms with Crippen LogP contribution < -0.4 is 14.8 Å². The van der Waals surface area contributed by atoms with Gasteiger partial charge in [-0.1, -0.05) is 35.3 Å². The topological polar surface area (TPSA) is 73.9 Å². The van der Waals surface area contributed by atoms with Crippen LogP contribution in [0.1, 0.15) is 22.2 Å². The van der Waals surface area contributed by atoms with Gasteiger partial charge >= 0.3 is 5.97 Å². The molecule has 2 aromatic carbocycles. The SMILES string of the molecule is CC(OC(=O)c1sc2cc(Cl)ccc2c1Cl)C(=O)NCc1ccc2c(c1)OCO2. The van der Waals surface area contributed by atoms with Crippen molar-refractivity contribution >= 4 is 56.5 Å². The molecule has 1 atom stereocenters. The van der Waals surface area contributed by atoms with E-state index in [0.29, 0.717) is 26.9 Å². The van der Waals surface area contributed by atoms with E-state index in [2.05, 4.69) is 5.32 Å². The molecular weight excluding hydrogens is 437 g/mol. The quantitative estimate of drug-likeness (QED) is 0.563. The molecule has 6 nitrogen and oxygen atoms in total. The first kappa shape index (κ1) is 19.8. The van der Waals surface area contributed by atoms with Gasteiger partial charge in [-0.05, 0) is 36.8 Å². The number of benzene rings is 2. The predicted octanol–water partition coefficient (Wildman–Crippen LogP) is 4.80. The maximum Gasteiger partial charge on any atom is 0.350 e. The molecule has 0 aliphatic carbocycles. The first-order valence-corrected chi connectivity index (χ1v) is 10.2. The molecule has 1 aromatic heterocycles. The molecule has 4 rings (SSSR count). The summed E-state index contributed by atoms with van der Waals surface area (Å²) in [6.07, 6.45) is -0.985. The van der Waals surface area contributed by atoms with Crippen molar-refractivity contribution < 1.29 is 23.8 Å². The molecule has 1 aliphatic rings. The highest BCUT2D eigenvalue weighted by Gasteiger charge is 2.24. The van der Waals surface area contributed by atoms with E-state index in [0.717, 1.165) is 10.3 Å². The highest BCUT2D eigenvalue weighted by atomic mass is 35.5. The van der Waals surface area contributed by atoms with Crippen LogP contribution in [-0.4, -0.2) is 24.8 Å². The summed E-state index contributed by atoms with van der Waals surface area (Å²) >= 11 is 13.5. The molecule has 9 heteroatoms. The van der Waals surface area contributed by atoms with Crippen LogP contribution in [0.4, 0.5) is 0 Å². The number of ether oxygens (including phenoxy) is 3. The lowest BCUT2D eigenvalue weighted by Crippen LogP contribution is -2.35. The van der Waals surface area contributed by atoms with Gasteiger partial charge in [0.15, 0.2) is 17.6 Å². The Hall–Kier alpha value is -2.48. The maximum absolute atomic E-state index is 12.5. The van der Waals surface area contributed by atoms with Crippen molar-refractivity contribution in [2.75, 3.05) is 6.79 Å². The Balaban J connectivity index is 1.38. The normalized spacial score (nSPS) is 13.3. The van der Waals surface area contributed by atoms with Crippen LogP contribution in [-0.2, 0) is 16.1 Å². The second-order valence-electron chi connectivity index (χ2n) is 6.34. The third-order valence-electron chi connectivity index (χ3n) is 4.33. The van der Waals surface area contributed by atoms with Gasteiger partial charge < -0.3 is 19.5 Å². The number of hydrogen-bond donors (Lipinski definition) is 1. The molecule has 2 heterocycles. The van der Waals surface area contributed by atoms with E-state index in [9.17, 15) is 9.59 Å². The fourth-order valence-corrected chi connectivity index (χ4v) is 4.49. The van der Waals surface area contributed by atoms with E-state index in [-0.39, 0.29) is 18.2 Å². The minimum absolute atomic E-state index is 0.185. The van der Waals surface area contributed by atoms with E-state index in [1.807, 2.05) is 6.07 Å². The van der Waals surface area contributed by atoms with Crippen molar-refractivity contribution in [2.24, 2.45) is 0 Å². The second kappa shape index (κ2) is 8.10. The van der Waals surface area contributed by atoms with Crippen LogP contribution in [0.2, 0.25) is 10.0 Å². The number of fused-ring (bicyclic) bond motifs is 2. The lowest BCUT2D eigenvalue weighted by Gasteiger charge is -2.13. The van der Waals surface area contributed by atoms with Crippen LogP contribution in [0.25, 0.3) is 10.1 Å². The van der Waals surface area contributed by atoms with E-state index in [1.165, 1.54) is 18.3 Å². The van der Waals surface area contributed by atoms with Crippen molar-refractivity contribution in [1.29, 1.82) is 0 Å². The van der Waals surface area contributed by atoms with Crippen LogP contribution in [0.15, 0.2) is 36.4 Å². The van der Waals surface area contributed by atoms with Crippen LogP contribution in [0.5, 0.6) is 11.5 Å². The predicted molar refractivity (Wildman–Crippen MR) is 111 cm³/mol. The number of halogens is 2. The largest absolute Gasteiger partial charge is 0.454 e. The molecule has 0 radical (unpaired) electrons. The lowest BCUT2D eigenvalue weighted by molar-refractivity contribution is -0.129. The Bertz CT molecular complexity index is 1110. The van der Waals surface area contributed by atoms with Gasteiger partial charge in [0.2, 0.25) is 6.79 Å². The summed E-state index contributed by atoms with van der Waals surface area (Å²) < 4.78 is 16.6. The molecule has 0 saturated carbocycles. The van der Waals surface area contributed by atoms with Gasteiger partial charge in [-0.3, -0.25) is 4.79 Å². The van der Waals surface area contributed by atoms with Gasteiger partial charge in [0.1, 0.15) is 4.88 Å². The molecule has 1 unspecified atom stereocenters. The molecule has 0 fully saturated rings. The zero-order valence-corrected chi connectivity index (χ0v) is 17.5. The van der Waals surface area contributed by atoms with Gasteiger partial charge in [0.25, 0.3) is 5.91 Å². The highest BCUT2D eigenvalue weighted by Crippen LogP contribution is 2.37. The zero-order chi connectivity index (χ0) is 20.5. The first-order valence-electron chi connectivity index (χ1n) is 8.67. The zero-order valence-electron chi connectivity index (χ0n) is 15.2. The minimum atomic E-state index is -0.985. The summed E-state index contributed by atoms with van der Waals surface area (Å²) in [5.74, 6) is 0.231. The summed E-state index contributed by atoms with van der Waals surface area (Å²) in [7, 11) is 0. The molecule has 1 N–H and O–H groups in total. The number of amides is 1. The monoisotopic (exact) mass is 451 g/mol. The molecule has 0 spiro atoms. The van der Waals surface area contributed by atoms with E-state index in [4.69, 9.17) is 37.4 Å². The van der Waals surface area contributed by atoms with Crippen molar-refractivity contribution in [3.63, 3.8) is 0 Å². The maximum atomic E-state index is 12.5. The van der Waals surface area contributed by atoms with Crippen LogP contribution >= 0.6 is 34.5 Å². The summed E-state index contributed by atoms with van der Waals surface area (Å²) in [6, 6.07) is 10.6. The summed E-state index contributed by atoms with van der Waals surface area (Å²) in [5.41, 5.74) is 0.838. The Labute approximate surface area is 180 Å². The number of hydrogen-bond acceptors (Lipinski definition) is 6. The van der Waals surface area contributed by atoms with E-state index in [1.54, 1.807) is 30.3 Å². The molecule has 3 aromatic rings. The second-order valence-corrected chi connectivity index (χ2v) is 8.21. The Morgan fingerprint density at radius 1 is 1.17 bits per heavy atom. The lowest BCUT2D eigenvalue weighted by atomic mass is 10.2. The smallest absolute Gasteiger partial charge is 0.350 e. The summed E-state index contributed by atoms with van der Waals surface area (Å²) in [4.78, 5) is 25.1. The standard InChI is InChI=1S/C20H15Cl2NO5S/c1-10(19(24)23-8-11-2-5-14-15(6-11)27-9-26-14)28-20(25)18-17(22)13-4-3-12(21)7-16(13)29-18/h2-7,10H,8-9H2,1H3,(H,23,24). The van der Waals surface area contributed by atoms with E-state index < -0.39 is 18.0 Å². The Kier molecular flexibility index (Phi) is 5.54. The van der Waals surface area contributed by atoms with Crippen molar-refractivity contribution in [3.8, 4) is 11.5 Å². The van der Waals surface area contributed by atoms with Gasteiger partial charge in [0.05, 0.1) is 5.02 Å². The Morgan fingerprint density at radius 3 is 2.79 bits per heavy atom.